The molecule has 1 aliphatic carbocycles. The molecule has 0 bridgehead atoms. The van der Waals surface area contributed by atoms with Gasteiger partial charge in [-0.1, -0.05) is 103 Å². The van der Waals surface area contributed by atoms with E-state index in [4.69, 9.17) is 5.73 Å². The van der Waals surface area contributed by atoms with Gasteiger partial charge in [-0.15, -0.1) is 0 Å². The SMILES string of the molecule is CC.CC.CC(C)(C)/C=C/C1CC(C(C)(C)/C=C/I)C2C(=O)N(CCCC(N)=O)C(=O)C12. The molecule has 1 saturated heterocycles. The van der Waals surface area contributed by atoms with Gasteiger partial charge >= 0.3 is 0 Å². The summed E-state index contributed by atoms with van der Waals surface area (Å²) in [4.78, 5) is 38.8. The number of carbonyl (C=O) groups excluding carboxylic acids is 3. The highest BCUT2D eigenvalue weighted by Crippen LogP contribution is 2.55. The van der Waals surface area contributed by atoms with Crippen molar-refractivity contribution in [1.29, 1.82) is 0 Å². The monoisotopic (exact) mass is 560 g/mol. The van der Waals surface area contributed by atoms with E-state index in [0.29, 0.717) is 6.42 Å². The van der Waals surface area contributed by atoms with Crippen molar-refractivity contribution in [2.45, 2.75) is 81.6 Å². The fourth-order valence-electron chi connectivity index (χ4n) is 4.53. The van der Waals surface area contributed by atoms with Crippen molar-refractivity contribution in [3.8, 4) is 0 Å². The van der Waals surface area contributed by atoms with Gasteiger partial charge in [0.05, 0.1) is 11.8 Å². The van der Waals surface area contributed by atoms with Gasteiger partial charge in [0.1, 0.15) is 0 Å². The number of hydrogen-bond donors (Lipinski definition) is 1. The molecule has 2 rings (SSSR count). The Morgan fingerprint density at radius 3 is 2.03 bits per heavy atom. The molecule has 32 heavy (non-hydrogen) atoms. The molecular formula is C26H45IN2O3. The van der Waals surface area contributed by atoms with E-state index in [-0.39, 0.29) is 59.3 Å². The van der Waals surface area contributed by atoms with Crippen LogP contribution in [0.4, 0.5) is 0 Å². The van der Waals surface area contributed by atoms with Crippen LogP contribution in [0.3, 0.4) is 0 Å². The van der Waals surface area contributed by atoms with Crippen molar-refractivity contribution in [2.75, 3.05) is 6.54 Å². The standard InChI is InChI=1S/C22H33IN2O3.2C2H6/c1-21(2,3)9-8-14-13-15(22(4,5)10-11-23)18-17(14)19(27)25(20(18)28)12-6-7-16(24)26;2*1-2/h8-11,14-15,17-18H,6-7,12-13H2,1-5H3,(H2,24,26);2*1-2H3/b9-8+,11-10+;;. The molecule has 184 valence electrons. The second-order valence-corrected chi connectivity index (χ2v) is 10.5. The van der Waals surface area contributed by atoms with Gasteiger partial charge < -0.3 is 5.73 Å². The van der Waals surface area contributed by atoms with Crippen LogP contribution in [0.2, 0.25) is 0 Å². The first-order valence-corrected chi connectivity index (χ1v) is 13.2. The summed E-state index contributed by atoms with van der Waals surface area (Å²) in [5, 5.41) is 0. The zero-order valence-corrected chi connectivity index (χ0v) is 23.7. The Morgan fingerprint density at radius 2 is 1.56 bits per heavy atom. The van der Waals surface area contributed by atoms with E-state index in [1.165, 1.54) is 4.90 Å². The first-order chi connectivity index (χ1) is 14.9. The molecule has 4 unspecified atom stereocenters. The summed E-state index contributed by atoms with van der Waals surface area (Å²) in [6.45, 7) is 19.0. The van der Waals surface area contributed by atoms with Gasteiger partial charge in [0, 0.05) is 13.0 Å². The Bertz CT molecular complexity index is 692. The first kappa shape index (κ1) is 30.8. The molecule has 0 aromatic rings. The summed E-state index contributed by atoms with van der Waals surface area (Å²) < 4.78 is 2.00. The van der Waals surface area contributed by atoms with Gasteiger partial charge in [-0.3, -0.25) is 19.3 Å². The Labute approximate surface area is 209 Å². The van der Waals surface area contributed by atoms with Crippen LogP contribution < -0.4 is 5.73 Å². The summed E-state index contributed by atoms with van der Waals surface area (Å²) in [5.41, 5.74) is 5.06. The van der Waals surface area contributed by atoms with E-state index in [2.05, 4.69) is 75.4 Å². The summed E-state index contributed by atoms with van der Waals surface area (Å²) >= 11 is 2.21. The van der Waals surface area contributed by atoms with Crippen molar-refractivity contribution in [3.63, 3.8) is 0 Å². The smallest absolute Gasteiger partial charge is 0.233 e. The maximum atomic E-state index is 13.2. The van der Waals surface area contributed by atoms with E-state index in [9.17, 15) is 14.4 Å². The van der Waals surface area contributed by atoms with Gasteiger partial charge in [0.25, 0.3) is 0 Å². The number of likely N-dealkylation sites (tertiary alicyclic amines) is 1. The maximum Gasteiger partial charge on any atom is 0.233 e. The predicted molar refractivity (Wildman–Crippen MR) is 142 cm³/mol. The number of nitrogens with two attached hydrogens (primary N) is 1. The highest BCUT2D eigenvalue weighted by molar-refractivity contribution is 14.1. The van der Waals surface area contributed by atoms with Crippen molar-refractivity contribution >= 4 is 40.3 Å². The van der Waals surface area contributed by atoms with Crippen molar-refractivity contribution in [2.24, 2.45) is 40.2 Å². The number of rotatable bonds is 7. The predicted octanol–water partition coefficient (Wildman–Crippen LogP) is 6.12. The minimum absolute atomic E-state index is 0.0258. The van der Waals surface area contributed by atoms with Crippen LogP contribution >= 0.6 is 22.6 Å². The second kappa shape index (κ2) is 13.5. The van der Waals surface area contributed by atoms with E-state index in [1.807, 2.05) is 31.8 Å². The molecule has 3 amide bonds. The molecule has 1 saturated carbocycles. The summed E-state index contributed by atoms with van der Waals surface area (Å²) in [7, 11) is 0. The third-order valence-corrected chi connectivity index (χ3v) is 6.37. The number of amides is 3. The zero-order chi connectivity index (χ0) is 25.3. The first-order valence-electron chi connectivity index (χ1n) is 12.0. The molecule has 1 heterocycles. The summed E-state index contributed by atoms with van der Waals surface area (Å²) in [6.07, 6.45) is 7.90. The largest absolute Gasteiger partial charge is 0.370 e. The topological polar surface area (TPSA) is 80.5 Å². The van der Waals surface area contributed by atoms with Crippen LogP contribution in [0.1, 0.15) is 81.6 Å². The van der Waals surface area contributed by atoms with Crippen LogP contribution in [0.5, 0.6) is 0 Å². The van der Waals surface area contributed by atoms with Gasteiger partial charge in [-0.25, -0.2) is 0 Å². The fraction of sp³-hybridized carbons (Fsp3) is 0.731. The molecular weight excluding hydrogens is 515 g/mol. The molecule has 1 aliphatic heterocycles. The molecule has 4 atom stereocenters. The molecule has 0 aromatic heterocycles. The number of fused-ring (bicyclic) bond motifs is 1. The quantitative estimate of drug-likeness (QED) is 0.232. The number of imide groups is 1. The van der Waals surface area contributed by atoms with E-state index < -0.39 is 5.91 Å². The number of hydrogen-bond acceptors (Lipinski definition) is 3. The Balaban J connectivity index is 0.00000227. The lowest BCUT2D eigenvalue weighted by Gasteiger charge is -2.32. The minimum atomic E-state index is -0.406. The number of allylic oxidation sites excluding steroid dienone is 3. The summed E-state index contributed by atoms with van der Waals surface area (Å²) in [6, 6.07) is 0. The van der Waals surface area contributed by atoms with Gasteiger partial charge in [-0.2, -0.15) is 0 Å². The van der Waals surface area contributed by atoms with Crippen LogP contribution in [0.25, 0.3) is 0 Å². The van der Waals surface area contributed by atoms with Crippen molar-refractivity contribution in [3.05, 3.63) is 22.3 Å². The number of halogens is 1. The minimum Gasteiger partial charge on any atom is -0.370 e. The average molecular weight is 561 g/mol. The van der Waals surface area contributed by atoms with Crippen LogP contribution in [0, 0.1) is 34.5 Å². The van der Waals surface area contributed by atoms with Gasteiger partial charge in [0.15, 0.2) is 0 Å². The molecule has 2 aliphatic rings. The van der Waals surface area contributed by atoms with Crippen molar-refractivity contribution < 1.29 is 14.4 Å². The molecule has 0 radical (unpaired) electrons. The normalized spacial score (nSPS) is 25.5. The van der Waals surface area contributed by atoms with Crippen LogP contribution in [-0.4, -0.2) is 29.2 Å². The molecule has 2 N–H and O–H groups in total. The van der Waals surface area contributed by atoms with Crippen molar-refractivity contribution in [1.82, 2.24) is 4.90 Å². The third kappa shape index (κ3) is 7.99. The van der Waals surface area contributed by atoms with E-state index >= 15 is 0 Å². The molecule has 6 heteroatoms. The molecule has 0 spiro atoms. The molecule has 0 aromatic carbocycles. The van der Waals surface area contributed by atoms with Gasteiger partial charge in [-0.05, 0) is 39.6 Å². The highest BCUT2D eigenvalue weighted by atomic mass is 127. The molecule has 5 nitrogen and oxygen atoms in total. The highest BCUT2D eigenvalue weighted by Gasteiger charge is 2.60. The van der Waals surface area contributed by atoms with Crippen LogP contribution in [0.15, 0.2) is 22.3 Å². The zero-order valence-electron chi connectivity index (χ0n) is 21.6. The average Bonchev–Trinajstić information content (AvgIpc) is 3.21. The Morgan fingerprint density at radius 1 is 1.03 bits per heavy atom. The Kier molecular flexibility index (Phi) is 13.0. The lowest BCUT2D eigenvalue weighted by molar-refractivity contribution is -0.141. The Hall–Kier alpha value is -1.18. The number of primary amides is 1. The fourth-order valence-corrected chi connectivity index (χ4v) is 5.46. The number of nitrogens with zero attached hydrogens (tertiary/aromatic N) is 1. The second-order valence-electron chi connectivity index (χ2n) is 9.79. The van der Waals surface area contributed by atoms with E-state index in [0.717, 1.165) is 6.42 Å². The lowest BCUT2D eigenvalue weighted by atomic mass is 9.72. The lowest BCUT2D eigenvalue weighted by Crippen LogP contribution is -2.37. The van der Waals surface area contributed by atoms with E-state index in [1.54, 1.807) is 0 Å². The van der Waals surface area contributed by atoms with Crippen LogP contribution in [-0.2, 0) is 14.4 Å². The summed E-state index contributed by atoms with van der Waals surface area (Å²) in [5.74, 6) is -0.989. The van der Waals surface area contributed by atoms with Gasteiger partial charge in [0.2, 0.25) is 17.7 Å². The molecule has 2 fully saturated rings. The number of carbonyl (C=O) groups is 3. The third-order valence-electron chi connectivity index (χ3n) is 6.01. The maximum absolute atomic E-state index is 13.2.